The van der Waals surface area contributed by atoms with Crippen LogP contribution in [-0.4, -0.2) is 23.8 Å². The number of aryl methyl sites for hydroxylation is 2. The number of amides is 2. The molecular weight excluding hydrogens is 216 g/mol. The fourth-order valence-electron chi connectivity index (χ4n) is 1.46. The van der Waals surface area contributed by atoms with Gasteiger partial charge in [0, 0.05) is 5.69 Å². The molecule has 0 saturated carbocycles. The lowest BCUT2D eigenvalue weighted by Crippen LogP contribution is -2.39. The SMILES string of the molecule is C#C[C@@H](CO)NC(=O)Nc1c(C)cccc1C. The number of hydrogen-bond acceptors (Lipinski definition) is 2. The monoisotopic (exact) mass is 232 g/mol. The van der Waals surface area contributed by atoms with Gasteiger partial charge in [-0.3, -0.25) is 0 Å². The molecule has 0 aliphatic heterocycles. The Hall–Kier alpha value is -1.99. The third-order valence-corrected chi connectivity index (χ3v) is 2.41. The zero-order valence-corrected chi connectivity index (χ0v) is 9.95. The first-order valence-electron chi connectivity index (χ1n) is 5.29. The lowest BCUT2D eigenvalue weighted by Gasteiger charge is -2.14. The van der Waals surface area contributed by atoms with Crippen molar-refractivity contribution in [3.05, 3.63) is 29.3 Å². The van der Waals surface area contributed by atoms with Crippen LogP contribution in [0.5, 0.6) is 0 Å². The minimum absolute atomic E-state index is 0.281. The van der Waals surface area contributed by atoms with Crippen molar-refractivity contribution in [3.63, 3.8) is 0 Å². The molecule has 1 aromatic rings. The Labute approximate surface area is 101 Å². The van der Waals surface area contributed by atoms with Crippen molar-refractivity contribution in [1.82, 2.24) is 5.32 Å². The molecule has 1 aromatic carbocycles. The Morgan fingerprint density at radius 1 is 1.47 bits per heavy atom. The van der Waals surface area contributed by atoms with Gasteiger partial charge in [0.15, 0.2) is 0 Å². The summed E-state index contributed by atoms with van der Waals surface area (Å²) < 4.78 is 0. The molecule has 4 heteroatoms. The molecule has 0 saturated heterocycles. The number of terminal acetylenes is 1. The number of carbonyl (C=O) groups excluding carboxylic acids is 1. The molecule has 1 atom stereocenters. The number of aliphatic hydroxyl groups excluding tert-OH is 1. The van der Waals surface area contributed by atoms with Crippen molar-refractivity contribution in [2.24, 2.45) is 0 Å². The topological polar surface area (TPSA) is 61.4 Å². The van der Waals surface area contributed by atoms with E-state index in [0.29, 0.717) is 0 Å². The van der Waals surface area contributed by atoms with E-state index < -0.39 is 12.1 Å². The van der Waals surface area contributed by atoms with E-state index in [1.165, 1.54) is 0 Å². The lowest BCUT2D eigenvalue weighted by atomic mass is 10.1. The molecule has 2 amide bonds. The largest absolute Gasteiger partial charge is 0.393 e. The minimum atomic E-state index is -0.667. The van der Waals surface area contributed by atoms with Crippen molar-refractivity contribution in [2.75, 3.05) is 11.9 Å². The standard InChI is InChI=1S/C13H16N2O2/c1-4-11(8-16)14-13(17)15-12-9(2)6-5-7-10(12)3/h1,5-7,11,16H,8H2,2-3H3,(H2,14,15,17)/t11-/m0/s1. The van der Waals surface area contributed by atoms with Crippen LogP contribution >= 0.6 is 0 Å². The second-order valence-corrected chi connectivity index (χ2v) is 3.77. The summed E-state index contributed by atoms with van der Waals surface area (Å²) in [5, 5.41) is 14.1. The molecule has 0 aliphatic rings. The van der Waals surface area contributed by atoms with Crippen LogP contribution in [-0.2, 0) is 0 Å². The van der Waals surface area contributed by atoms with Gasteiger partial charge in [-0.15, -0.1) is 6.42 Å². The normalized spacial score (nSPS) is 11.4. The summed E-state index contributed by atoms with van der Waals surface area (Å²) >= 11 is 0. The van der Waals surface area contributed by atoms with Gasteiger partial charge in [0.25, 0.3) is 0 Å². The van der Waals surface area contributed by atoms with Gasteiger partial charge in [-0.2, -0.15) is 0 Å². The number of hydrogen-bond donors (Lipinski definition) is 3. The molecule has 0 fully saturated rings. The summed E-state index contributed by atoms with van der Waals surface area (Å²) in [5.74, 6) is 2.28. The van der Waals surface area contributed by atoms with E-state index in [9.17, 15) is 4.79 Å². The third-order valence-electron chi connectivity index (χ3n) is 2.41. The third kappa shape index (κ3) is 3.51. The molecule has 3 N–H and O–H groups in total. The highest BCUT2D eigenvalue weighted by Gasteiger charge is 2.10. The minimum Gasteiger partial charge on any atom is -0.393 e. The maximum Gasteiger partial charge on any atom is 0.320 e. The highest BCUT2D eigenvalue weighted by Crippen LogP contribution is 2.18. The average Bonchev–Trinajstić information content (AvgIpc) is 2.31. The van der Waals surface area contributed by atoms with Gasteiger partial charge >= 0.3 is 6.03 Å². The quantitative estimate of drug-likeness (QED) is 0.690. The summed E-state index contributed by atoms with van der Waals surface area (Å²) in [6, 6.07) is 4.66. The first-order chi connectivity index (χ1) is 8.08. The van der Waals surface area contributed by atoms with Crippen molar-refractivity contribution in [3.8, 4) is 12.3 Å². The zero-order chi connectivity index (χ0) is 12.8. The van der Waals surface area contributed by atoms with E-state index in [-0.39, 0.29) is 6.61 Å². The van der Waals surface area contributed by atoms with Crippen LogP contribution in [0.25, 0.3) is 0 Å². The number of carbonyl (C=O) groups is 1. The van der Waals surface area contributed by atoms with E-state index >= 15 is 0 Å². The number of para-hydroxylation sites is 1. The number of anilines is 1. The molecular formula is C13H16N2O2. The number of urea groups is 1. The molecule has 0 heterocycles. The summed E-state index contributed by atoms with van der Waals surface area (Å²) in [6.45, 7) is 3.54. The predicted octanol–water partition coefficient (Wildman–Crippen LogP) is 1.42. The molecule has 0 spiro atoms. The van der Waals surface area contributed by atoms with Gasteiger partial charge in [-0.05, 0) is 25.0 Å². The van der Waals surface area contributed by atoms with Crippen LogP contribution in [0.2, 0.25) is 0 Å². The second kappa shape index (κ2) is 5.92. The molecule has 0 radical (unpaired) electrons. The average molecular weight is 232 g/mol. The lowest BCUT2D eigenvalue weighted by molar-refractivity contribution is 0.237. The van der Waals surface area contributed by atoms with Gasteiger partial charge in [-0.1, -0.05) is 24.1 Å². The highest BCUT2D eigenvalue weighted by molar-refractivity contribution is 5.91. The van der Waals surface area contributed by atoms with E-state index in [1.807, 2.05) is 32.0 Å². The Kier molecular flexibility index (Phi) is 4.56. The van der Waals surface area contributed by atoms with Crippen LogP contribution in [0.1, 0.15) is 11.1 Å². The molecule has 0 bridgehead atoms. The van der Waals surface area contributed by atoms with E-state index in [4.69, 9.17) is 11.5 Å². The molecule has 0 aliphatic carbocycles. The van der Waals surface area contributed by atoms with Gasteiger partial charge in [0.2, 0.25) is 0 Å². The fourth-order valence-corrected chi connectivity index (χ4v) is 1.46. The Morgan fingerprint density at radius 3 is 2.53 bits per heavy atom. The Bertz CT molecular complexity index is 429. The van der Waals surface area contributed by atoms with Crippen LogP contribution in [0.4, 0.5) is 10.5 Å². The Morgan fingerprint density at radius 2 is 2.06 bits per heavy atom. The highest BCUT2D eigenvalue weighted by atomic mass is 16.3. The fraction of sp³-hybridized carbons (Fsp3) is 0.308. The van der Waals surface area contributed by atoms with Crippen LogP contribution in [0.3, 0.4) is 0 Å². The molecule has 0 aromatic heterocycles. The van der Waals surface area contributed by atoms with Crippen molar-refractivity contribution in [2.45, 2.75) is 19.9 Å². The number of aliphatic hydroxyl groups is 1. The smallest absolute Gasteiger partial charge is 0.320 e. The van der Waals surface area contributed by atoms with E-state index in [2.05, 4.69) is 16.6 Å². The first-order valence-corrected chi connectivity index (χ1v) is 5.29. The summed E-state index contributed by atoms with van der Waals surface area (Å²) in [4.78, 5) is 11.6. The van der Waals surface area contributed by atoms with Gasteiger partial charge < -0.3 is 15.7 Å². The molecule has 0 unspecified atom stereocenters. The first kappa shape index (κ1) is 13.1. The summed E-state index contributed by atoms with van der Waals surface area (Å²) in [7, 11) is 0. The molecule has 4 nitrogen and oxygen atoms in total. The van der Waals surface area contributed by atoms with Crippen molar-refractivity contribution >= 4 is 11.7 Å². The van der Waals surface area contributed by atoms with Crippen molar-refractivity contribution in [1.29, 1.82) is 0 Å². The van der Waals surface area contributed by atoms with E-state index in [1.54, 1.807) is 0 Å². The van der Waals surface area contributed by atoms with Crippen LogP contribution < -0.4 is 10.6 Å². The Balaban J connectivity index is 2.72. The zero-order valence-electron chi connectivity index (χ0n) is 9.95. The number of benzene rings is 1. The molecule has 17 heavy (non-hydrogen) atoms. The predicted molar refractivity (Wildman–Crippen MR) is 67.8 cm³/mol. The maximum absolute atomic E-state index is 11.6. The number of nitrogens with one attached hydrogen (secondary N) is 2. The van der Waals surface area contributed by atoms with Gasteiger partial charge in [-0.25, -0.2) is 4.79 Å². The summed E-state index contributed by atoms with van der Waals surface area (Å²) in [5.41, 5.74) is 2.71. The van der Waals surface area contributed by atoms with E-state index in [0.717, 1.165) is 16.8 Å². The number of rotatable bonds is 3. The van der Waals surface area contributed by atoms with Crippen LogP contribution in [0, 0.1) is 26.2 Å². The van der Waals surface area contributed by atoms with Gasteiger partial charge in [0.1, 0.15) is 6.04 Å². The second-order valence-electron chi connectivity index (χ2n) is 3.77. The summed E-state index contributed by atoms with van der Waals surface area (Å²) in [6.07, 6.45) is 5.13. The van der Waals surface area contributed by atoms with Crippen LogP contribution in [0.15, 0.2) is 18.2 Å². The van der Waals surface area contributed by atoms with Gasteiger partial charge in [0.05, 0.1) is 6.61 Å². The molecule has 1 rings (SSSR count). The van der Waals surface area contributed by atoms with Crippen molar-refractivity contribution < 1.29 is 9.90 Å². The molecule has 90 valence electrons. The maximum atomic E-state index is 11.6.